The molecule has 0 amide bonds. The summed E-state index contributed by atoms with van der Waals surface area (Å²) in [5.41, 5.74) is 0.860. The van der Waals surface area contributed by atoms with E-state index in [1.165, 1.54) is 0 Å². The van der Waals surface area contributed by atoms with Crippen LogP contribution in [0.3, 0.4) is 0 Å². The Kier molecular flexibility index (Phi) is 5.74. The molecule has 0 aliphatic carbocycles. The summed E-state index contributed by atoms with van der Waals surface area (Å²) in [4.78, 5) is 0. The topological polar surface area (TPSA) is 55.4 Å². The number of nitrogens with one attached hydrogen (secondary N) is 1. The Bertz CT molecular complexity index is 448. The molecule has 0 aliphatic rings. The fraction of sp³-hybridized carbons (Fsp3) is 0.455. The second-order valence-electron chi connectivity index (χ2n) is 3.53. The molecule has 0 radical (unpaired) electrons. The van der Waals surface area contributed by atoms with Crippen LogP contribution in [0.15, 0.2) is 24.3 Å². The van der Waals surface area contributed by atoms with Gasteiger partial charge in [-0.25, -0.2) is 13.1 Å². The van der Waals surface area contributed by atoms with Gasteiger partial charge in [0.05, 0.1) is 12.9 Å². The van der Waals surface area contributed by atoms with Gasteiger partial charge in [0.1, 0.15) is 5.75 Å². The van der Waals surface area contributed by atoms with Gasteiger partial charge in [0.25, 0.3) is 0 Å². The van der Waals surface area contributed by atoms with Gasteiger partial charge in [-0.2, -0.15) is 0 Å². The monoisotopic (exact) mass is 277 g/mol. The van der Waals surface area contributed by atoms with Crippen LogP contribution in [0.1, 0.15) is 12.0 Å². The molecule has 0 spiro atoms. The number of halogens is 1. The van der Waals surface area contributed by atoms with Crippen molar-refractivity contribution in [1.29, 1.82) is 0 Å². The molecule has 4 nitrogen and oxygen atoms in total. The van der Waals surface area contributed by atoms with E-state index in [0.717, 1.165) is 5.56 Å². The first-order chi connectivity index (χ1) is 8.07. The van der Waals surface area contributed by atoms with Gasteiger partial charge in [0, 0.05) is 12.4 Å². The average molecular weight is 278 g/mol. The summed E-state index contributed by atoms with van der Waals surface area (Å²) in [5.74, 6) is 1.11. The predicted molar refractivity (Wildman–Crippen MR) is 69.0 cm³/mol. The molecule has 1 N–H and O–H groups in total. The van der Waals surface area contributed by atoms with Crippen LogP contribution in [-0.4, -0.2) is 27.2 Å². The normalized spacial score (nSPS) is 11.4. The Morgan fingerprint density at radius 2 is 2.18 bits per heavy atom. The largest absolute Gasteiger partial charge is 0.497 e. The lowest BCUT2D eigenvalue weighted by atomic mass is 10.2. The molecule has 6 heteroatoms. The van der Waals surface area contributed by atoms with Crippen LogP contribution < -0.4 is 9.46 Å². The van der Waals surface area contributed by atoms with Crippen LogP contribution in [0.2, 0.25) is 0 Å². The number of ether oxygens (including phenoxy) is 1. The zero-order valence-electron chi connectivity index (χ0n) is 9.65. The highest BCUT2D eigenvalue weighted by molar-refractivity contribution is 7.89. The average Bonchev–Trinajstić information content (AvgIpc) is 2.34. The Hall–Kier alpha value is -0.780. The smallest absolute Gasteiger partial charge is 0.211 e. The van der Waals surface area contributed by atoms with Crippen LogP contribution in [0, 0.1) is 0 Å². The first-order valence-corrected chi connectivity index (χ1v) is 7.42. The van der Waals surface area contributed by atoms with Crippen molar-refractivity contribution in [3.05, 3.63) is 29.8 Å². The zero-order chi connectivity index (χ0) is 12.7. The summed E-state index contributed by atoms with van der Waals surface area (Å²) in [5, 5.41) is 0. The first-order valence-electron chi connectivity index (χ1n) is 5.23. The molecular formula is C11H16ClNO3S. The lowest BCUT2D eigenvalue weighted by Gasteiger charge is -2.07. The van der Waals surface area contributed by atoms with E-state index in [4.69, 9.17) is 16.3 Å². The van der Waals surface area contributed by atoms with Crippen molar-refractivity contribution < 1.29 is 13.2 Å². The molecule has 0 bridgehead atoms. The fourth-order valence-electron chi connectivity index (χ4n) is 1.29. The van der Waals surface area contributed by atoms with Crippen LogP contribution in [0.4, 0.5) is 0 Å². The van der Waals surface area contributed by atoms with E-state index in [-0.39, 0.29) is 12.3 Å². The third-order valence-electron chi connectivity index (χ3n) is 2.18. The minimum Gasteiger partial charge on any atom is -0.497 e. The van der Waals surface area contributed by atoms with Crippen molar-refractivity contribution in [3.8, 4) is 5.75 Å². The summed E-state index contributed by atoms with van der Waals surface area (Å²) >= 11 is 5.46. The molecule has 0 atom stereocenters. The number of benzene rings is 1. The number of methoxy groups -OCH3 is 1. The third kappa shape index (κ3) is 5.39. The molecule has 0 aliphatic heterocycles. The van der Waals surface area contributed by atoms with Crippen molar-refractivity contribution >= 4 is 21.6 Å². The number of sulfonamides is 1. The molecular weight excluding hydrogens is 262 g/mol. The molecule has 0 saturated heterocycles. The van der Waals surface area contributed by atoms with Crippen molar-refractivity contribution in [2.24, 2.45) is 0 Å². The van der Waals surface area contributed by atoms with Crippen LogP contribution in [0.5, 0.6) is 5.75 Å². The molecule has 17 heavy (non-hydrogen) atoms. The van der Waals surface area contributed by atoms with E-state index in [1.807, 2.05) is 18.2 Å². The molecule has 1 rings (SSSR count). The molecule has 1 aromatic carbocycles. The van der Waals surface area contributed by atoms with E-state index in [2.05, 4.69) is 4.72 Å². The SMILES string of the molecule is COc1cccc(CNS(=O)(=O)CCCCl)c1. The quantitative estimate of drug-likeness (QED) is 0.773. The summed E-state index contributed by atoms with van der Waals surface area (Å²) in [6, 6.07) is 7.27. The Labute approximate surface area is 107 Å². The van der Waals surface area contributed by atoms with Gasteiger partial charge in [-0.15, -0.1) is 11.6 Å². The summed E-state index contributed by atoms with van der Waals surface area (Å²) < 4.78 is 30.6. The second kappa shape index (κ2) is 6.83. The van der Waals surface area contributed by atoms with Crippen molar-refractivity contribution in [1.82, 2.24) is 4.72 Å². The molecule has 0 heterocycles. The maximum Gasteiger partial charge on any atom is 0.211 e. The summed E-state index contributed by atoms with van der Waals surface area (Å²) in [7, 11) is -1.66. The van der Waals surface area contributed by atoms with E-state index >= 15 is 0 Å². The highest BCUT2D eigenvalue weighted by atomic mass is 35.5. The molecule has 0 saturated carbocycles. The van der Waals surface area contributed by atoms with Gasteiger partial charge in [-0.05, 0) is 24.1 Å². The molecule has 0 aromatic heterocycles. The summed E-state index contributed by atoms with van der Waals surface area (Å²) in [6.07, 6.45) is 0.453. The van der Waals surface area contributed by atoms with Crippen molar-refractivity contribution in [2.75, 3.05) is 18.7 Å². The lowest BCUT2D eigenvalue weighted by Crippen LogP contribution is -2.26. The number of hydrogen-bond donors (Lipinski definition) is 1. The zero-order valence-corrected chi connectivity index (χ0v) is 11.2. The van der Waals surface area contributed by atoms with E-state index < -0.39 is 10.0 Å². The number of hydrogen-bond acceptors (Lipinski definition) is 3. The highest BCUT2D eigenvalue weighted by Gasteiger charge is 2.09. The maximum absolute atomic E-state index is 11.5. The van der Waals surface area contributed by atoms with Gasteiger partial charge in [0.2, 0.25) is 10.0 Å². The van der Waals surface area contributed by atoms with Crippen LogP contribution in [-0.2, 0) is 16.6 Å². The van der Waals surface area contributed by atoms with Crippen LogP contribution >= 0.6 is 11.6 Å². The second-order valence-corrected chi connectivity index (χ2v) is 5.84. The van der Waals surface area contributed by atoms with Gasteiger partial charge in [0.15, 0.2) is 0 Å². The minimum atomic E-state index is -3.24. The minimum absolute atomic E-state index is 0.0560. The van der Waals surface area contributed by atoms with Gasteiger partial charge in [-0.3, -0.25) is 0 Å². The van der Waals surface area contributed by atoms with E-state index in [9.17, 15) is 8.42 Å². The first kappa shape index (κ1) is 14.3. The molecule has 1 aromatic rings. The standard InChI is InChI=1S/C11H16ClNO3S/c1-16-11-5-2-4-10(8-11)9-13-17(14,15)7-3-6-12/h2,4-5,8,13H,3,6-7,9H2,1H3. The Morgan fingerprint density at radius 3 is 2.82 bits per heavy atom. The molecule has 0 fully saturated rings. The highest BCUT2D eigenvalue weighted by Crippen LogP contribution is 2.12. The van der Waals surface area contributed by atoms with E-state index in [1.54, 1.807) is 13.2 Å². The predicted octanol–water partition coefficient (Wildman–Crippen LogP) is 1.74. The van der Waals surface area contributed by atoms with Crippen LogP contribution in [0.25, 0.3) is 0 Å². The van der Waals surface area contributed by atoms with Gasteiger partial charge >= 0.3 is 0 Å². The van der Waals surface area contributed by atoms with Gasteiger partial charge in [-0.1, -0.05) is 12.1 Å². The Balaban J connectivity index is 2.54. The van der Waals surface area contributed by atoms with Crippen molar-refractivity contribution in [2.45, 2.75) is 13.0 Å². The number of alkyl halides is 1. The fourth-order valence-corrected chi connectivity index (χ4v) is 2.64. The number of rotatable bonds is 7. The third-order valence-corrected chi connectivity index (χ3v) is 3.85. The summed E-state index contributed by atoms with van der Waals surface area (Å²) in [6.45, 7) is 0.266. The van der Waals surface area contributed by atoms with E-state index in [0.29, 0.717) is 18.1 Å². The molecule has 0 unspecified atom stereocenters. The van der Waals surface area contributed by atoms with Gasteiger partial charge < -0.3 is 4.74 Å². The van der Waals surface area contributed by atoms with Crippen molar-refractivity contribution in [3.63, 3.8) is 0 Å². The maximum atomic E-state index is 11.5. The lowest BCUT2D eigenvalue weighted by molar-refractivity contribution is 0.414. The molecule has 96 valence electrons. The Morgan fingerprint density at radius 1 is 1.41 bits per heavy atom.